The Balaban J connectivity index is 1.48. The highest BCUT2D eigenvalue weighted by Crippen LogP contribution is 2.21. The number of hydrogen-bond donors (Lipinski definition) is 0. The van der Waals surface area contributed by atoms with E-state index in [1.165, 1.54) is 0 Å². The van der Waals surface area contributed by atoms with Crippen LogP contribution in [0.2, 0.25) is 0 Å². The Morgan fingerprint density at radius 2 is 1.54 bits per heavy atom. The van der Waals surface area contributed by atoms with Crippen LogP contribution in [0, 0.1) is 0 Å². The Bertz CT molecular complexity index is 619. The third kappa shape index (κ3) is 5.18. The summed E-state index contributed by atoms with van der Waals surface area (Å²) in [5.41, 5.74) is 2.26. The molecule has 2 aromatic carbocycles. The summed E-state index contributed by atoms with van der Waals surface area (Å²) in [4.78, 5) is 11.0. The van der Waals surface area contributed by atoms with E-state index in [1.54, 1.807) is 0 Å². The molecule has 0 bridgehead atoms. The third-order valence-corrected chi connectivity index (χ3v) is 3.96. The van der Waals surface area contributed by atoms with Crippen molar-refractivity contribution in [3.8, 4) is 0 Å². The van der Waals surface area contributed by atoms with Crippen LogP contribution in [-0.4, -0.2) is 24.8 Å². The van der Waals surface area contributed by atoms with E-state index in [2.05, 4.69) is 0 Å². The maximum atomic E-state index is 11.0. The van der Waals surface area contributed by atoms with Crippen molar-refractivity contribution in [3.05, 3.63) is 71.8 Å². The van der Waals surface area contributed by atoms with Crippen molar-refractivity contribution >= 4 is 5.97 Å². The zero-order valence-electron chi connectivity index (χ0n) is 13.6. The number of benzene rings is 2. The second-order valence-electron chi connectivity index (χ2n) is 5.97. The lowest BCUT2D eigenvalue weighted by atomic mass is 10.1. The van der Waals surface area contributed by atoms with Gasteiger partial charge < -0.3 is 14.2 Å². The van der Waals surface area contributed by atoms with E-state index in [1.807, 2.05) is 60.7 Å². The van der Waals surface area contributed by atoms with Crippen LogP contribution in [0.25, 0.3) is 0 Å². The van der Waals surface area contributed by atoms with Crippen molar-refractivity contribution in [2.24, 2.45) is 0 Å². The molecule has 0 saturated carbocycles. The molecule has 2 aromatic rings. The van der Waals surface area contributed by atoms with Gasteiger partial charge in [0, 0.05) is 6.42 Å². The van der Waals surface area contributed by atoms with E-state index in [-0.39, 0.29) is 18.2 Å². The molecule has 0 spiro atoms. The van der Waals surface area contributed by atoms with E-state index >= 15 is 0 Å². The lowest BCUT2D eigenvalue weighted by molar-refractivity contribution is -0.174. The van der Waals surface area contributed by atoms with Crippen LogP contribution in [0.5, 0.6) is 0 Å². The van der Waals surface area contributed by atoms with Crippen LogP contribution in [0.1, 0.15) is 24.0 Å². The number of carbonyl (C=O) groups excluding carboxylic acids is 1. The van der Waals surface area contributed by atoms with Gasteiger partial charge in [0.15, 0.2) is 0 Å². The molecule has 1 heterocycles. The zero-order chi connectivity index (χ0) is 16.6. The molecule has 24 heavy (non-hydrogen) atoms. The van der Waals surface area contributed by atoms with Gasteiger partial charge in [-0.15, -0.1) is 0 Å². The van der Waals surface area contributed by atoms with Gasteiger partial charge in [-0.25, -0.2) is 0 Å². The van der Waals surface area contributed by atoms with Crippen molar-refractivity contribution in [2.75, 3.05) is 6.61 Å². The van der Waals surface area contributed by atoms with Crippen LogP contribution in [0.4, 0.5) is 0 Å². The number of cyclic esters (lactones) is 1. The van der Waals surface area contributed by atoms with E-state index < -0.39 is 0 Å². The monoisotopic (exact) mass is 326 g/mol. The van der Waals surface area contributed by atoms with Crippen molar-refractivity contribution in [2.45, 2.75) is 38.3 Å². The van der Waals surface area contributed by atoms with Crippen LogP contribution >= 0.6 is 0 Å². The zero-order valence-corrected chi connectivity index (χ0v) is 13.6. The molecular weight excluding hydrogens is 304 g/mol. The lowest BCUT2D eigenvalue weighted by Gasteiger charge is -2.29. The fourth-order valence-electron chi connectivity index (χ4n) is 2.64. The molecular formula is C20H22O4. The van der Waals surface area contributed by atoms with E-state index in [0.717, 1.165) is 11.1 Å². The van der Waals surface area contributed by atoms with Gasteiger partial charge in [0.2, 0.25) is 0 Å². The number of ether oxygens (including phenoxy) is 3. The van der Waals surface area contributed by atoms with E-state index in [0.29, 0.717) is 32.7 Å². The highest BCUT2D eigenvalue weighted by Gasteiger charge is 2.31. The predicted molar refractivity (Wildman–Crippen MR) is 90.2 cm³/mol. The largest absolute Gasteiger partial charge is 0.462 e. The molecule has 0 aliphatic carbocycles. The maximum absolute atomic E-state index is 11.0. The molecule has 3 rings (SSSR count). The molecule has 1 aliphatic heterocycles. The summed E-state index contributed by atoms with van der Waals surface area (Å²) in [6.45, 7) is 1.56. The average molecular weight is 326 g/mol. The summed E-state index contributed by atoms with van der Waals surface area (Å²) in [5.74, 6) is -0.132. The van der Waals surface area contributed by atoms with Crippen LogP contribution in [0.3, 0.4) is 0 Å². The van der Waals surface area contributed by atoms with Crippen LogP contribution < -0.4 is 0 Å². The van der Waals surface area contributed by atoms with Crippen LogP contribution in [0.15, 0.2) is 60.7 Å². The van der Waals surface area contributed by atoms with Gasteiger partial charge in [-0.05, 0) is 11.1 Å². The molecule has 0 radical (unpaired) electrons. The predicted octanol–water partition coefficient (Wildman–Crippen LogP) is 3.49. The van der Waals surface area contributed by atoms with E-state index in [4.69, 9.17) is 14.2 Å². The number of rotatable bonds is 9. The molecule has 1 fully saturated rings. The lowest BCUT2D eigenvalue weighted by Crippen LogP contribution is -2.37. The second-order valence-corrected chi connectivity index (χ2v) is 5.97. The first kappa shape index (κ1) is 16.7. The van der Waals surface area contributed by atoms with Crippen molar-refractivity contribution in [1.29, 1.82) is 0 Å². The Morgan fingerprint density at radius 3 is 2.12 bits per heavy atom. The third-order valence-electron chi connectivity index (χ3n) is 3.96. The van der Waals surface area contributed by atoms with Gasteiger partial charge in [0.1, 0.15) is 6.10 Å². The van der Waals surface area contributed by atoms with Gasteiger partial charge in [-0.3, -0.25) is 4.79 Å². The summed E-state index contributed by atoms with van der Waals surface area (Å²) < 4.78 is 16.9. The van der Waals surface area contributed by atoms with Gasteiger partial charge >= 0.3 is 5.97 Å². The summed E-state index contributed by atoms with van der Waals surface area (Å²) in [5, 5.41) is 0. The number of carbonyl (C=O) groups is 1. The second kappa shape index (κ2) is 8.62. The van der Waals surface area contributed by atoms with Gasteiger partial charge in [-0.1, -0.05) is 60.7 Å². The first-order valence-electron chi connectivity index (χ1n) is 8.26. The fourth-order valence-corrected chi connectivity index (χ4v) is 2.64. The van der Waals surface area contributed by atoms with Gasteiger partial charge in [0.05, 0.1) is 32.3 Å². The molecule has 4 heteroatoms. The molecule has 0 amide bonds. The minimum atomic E-state index is -0.132. The highest BCUT2D eigenvalue weighted by molar-refractivity contribution is 5.75. The standard InChI is InChI=1S/C20H22O4/c21-20-12-18(24-20)11-19(23-14-17-9-5-2-6-10-17)15-22-13-16-7-3-1-4-8-16/h1-10,18-19H,11-15H2/t18?,19-/m0/s1. The number of esters is 1. The van der Waals surface area contributed by atoms with Crippen molar-refractivity contribution in [1.82, 2.24) is 0 Å². The normalized spacial score (nSPS) is 17.8. The summed E-state index contributed by atoms with van der Waals surface area (Å²) in [7, 11) is 0. The molecule has 1 saturated heterocycles. The first-order chi connectivity index (χ1) is 11.8. The Hall–Kier alpha value is -2.17. The number of hydrogen-bond acceptors (Lipinski definition) is 4. The molecule has 2 atom stereocenters. The molecule has 0 N–H and O–H groups in total. The Morgan fingerprint density at radius 1 is 0.958 bits per heavy atom. The molecule has 1 unspecified atom stereocenters. The minimum absolute atomic E-state index is 0.0430. The minimum Gasteiger partial charge on any atom is -0.462 e. The Labute approximate surface area is 142 Å². The van der Waals surface area contributed by atoms with Gasteiger partial charge in [-0.2, -0.15) is 0 Å². The van der Waals surface area contributed by atoms with Crippen LogP contribution in [-0.2, 0) is 32.2 Å². The SMILES string of the molecule is O=C1CC(C[C@@H](COCc2ccccc2)OCc2ccccc2)O1. The quantitative estimate of drug-likeness (QED) is 0.662. The summed E-state index contributed by atoms with van der Waals surface area (Å²) >= 11 is 0. The summed E-state index contributed by atoms with van der Waals surface area (Å²) in [6, 6.07) is 20.1. The molecule has 0 aromatic heterocycles. The Kier molecular flexibility index (Phi) is 5.99. The molecule has 4 nitrogen and oxygen atoms in total. The summed E-state index contributed by atoms with van der Waals surface area (Å²) in [6.07, 6.45) is 1.02. The van der Waals surface area contributed by atoms with E-state index in [9.17, 15) is 4.79 Å². The van der Waals surface area contributed by atoms with Crippen molar-refractivity contribution in [3.63, 3.8) is 0 Å². The first-order valence-corrected chi connectivity index (χ1v) is 8.26. The average Bonchev–Trinajstić information content (AvgIpc) is 2.60. The topological polar surface area (TPSA) is 44.8 Å². The van der Waals surface area contributed by atoms with Gasteiger partial charge in [0.25, 0.3) is 0 Å². The molecule has 1 aliphatic rings. The highest BCUT2D eigenvalue weighted by atomic mass is 16.6. The van der Waals surface area contributed by atoms with Crippen molar-refractivity contribution < 1.29 is 19.0 Å². The molecule has 126 valence electrons. The maximum Gasteiger partial charge on any atom is 0.309 e. The fraction of sp³-hybridized carbons (Fsp3) is 0.350. The smallest absolute Gasteiger partial charge is 0.309 e.